The smallest absolute Gasteiger partial charge is 0.254 e. The fourth-order valence-corrected chi connectivity index (χ4v) is 1.28. The van der Waals surface area contributed by atoms with Gasteiger partial charge < -0.3 is 15.2 Å². The number of amides is 1. The third-order valence-corrected chi connectivity index (χ3v) is 2.34. The highest BCUT2D eigenvalue weighted by Gasteiger charge is 2.13. The molecule has 0 aliphatic heterocycles. The number of carbonyl (C=O) groups is 1. The largest absolute Gasteiger partial charge is 0.389 e. The van der Waals surface area contributed by atoms with Gasteiger partial charge in [0.2, 0.25) is 0 Å². The van der Waals surface area contributed by atoms with Crippen molar-refractivity contribution in [2.75, 3.05) is 20.3 Å². The van der Waals surface area contributed by atoms with Crippen molar-refractivity contribution in [3.05, 3.63) is 17.5 Å². The minimum absolute atomic E-state index is 0.168. The SMILES string of the molecule is COCC(O)CNC(=O)c1cnn(C)c1C. The van der Waals surface area contributed by atoms with Crippen molar-refractivity contribution in [2.24, 2.45) is 7.05 Å². The lowest BCUT2D eigenvalue weighted by atomic mass is 10.2. The summed E-state index contributed by atoms with van der Waals surface area (Å²) in [6.07, 6.45) is 0.818. The molecule has 1 amide bonds. The van der Waals surface area contributed by atoms with Gasteiger partial charge in [0, 0.05) is 26.4 Å². The molecule has 0 bridgehead atoms. The highest BCUT2D eigenvalue weighted by molar-refractivity contribution is 5.95. The first-order valence-electron chi connectivity index (χ1n) is 5.00. The molecule has 0 aliphatic rings. The normalized spacial score (nSPS) is 12.5. The molecule has 0 fully saturated rings. The molecule has 6 heteroatoms. The zero-order valence-electron chi connectivity index (χ0n) is 9.73. The molecule has 1 atom stereocenters. The van der Waals surface area contributed by atoms with Crippen molar-refractivity contribution in [3.63, 3.8) is 0 Å². The Morgan fingerprint density at radius 2 is 2.44 bits per heavy atom. The minimum atomic E-state index is -0.689. The van der Waals surface area contributed by atoms with E-state index in [0.29, 0.717) is 5.56 Å². The van der Waals surface area contributed by atoms with E-state index in [1.807, 2.05) is 6.92 Å². The van der Waals surface area contributed by atoms with E-state index >= 15 is 0 Å². The van der Waals surface area contributed by atoms with Gasteiger partial charge in [-0.2, -0.15) is 5.10 Å². The Bertz CT molecular complexity index is 362. The summed E-state index contributed by atoms with van der Waals surface area (Å²) in [6.45, 7) is 2.18. The minimum Gasteiger partial charge on any atom is -0.389 e. The molecular formula is C10H17N3O3. The van der Waals surface area contributed by atoms with Gasteiger partial charge in [-0.25, -0.2) is 0 Å². The van der Waals surface area contributed by atoms with E-state index in [4.69, 9.17) is 4.74 Å². The predicted octanol–water partition coefficient (Wildman–Crippen LogP) is -0.534. The fourth-order valence-electron chi connectivity index (χ4n) is 1.28. The number of hydrogen-bond donors (Lipinski definition) is 2. The Hall–Kier alpha value is -1.40. The summed E-state index contributed by atoms with van der Waals surface area (Å²) in [6, 6.07) is 0. The Labute approximate surface area is 94.2 Å². The monoisotopic (exact) mass is 227 g/mol. The Balaban J connectivity index is 2.50. The van der Waals surface area contributed by atoms with Crippen LogP contribution in [0.4, 0.5) is 0 Å². The van der Waals surface area contributed by atoms with Crippen molar-refractivity contribution < 1.29 is 14.6 Å². The van der Waals surface area contributed by atoms with Gasteiger partial charge in [-0.1, -0.05) is 0 Å². The van der Waals surface area contributed by atoms with E-state index in [1.165, 1.54) is 13.3 Å². The molecule has 1 heterocycles. The maximum atomic E-state index is 11.7. The van der Waals surface area contributed by atoms with Crippen LogP contribution < -0.4 is 5.32 Å². The van der Waals surface area contributed by atoms with Crippen LogP contribution in [-0.4, -0.2) is 47.2 Å². The Kier molecular flexibility index (Phi) is 4.45. The van der Waals surface area contributed by atoms with Crippen molar-refractivity contribution in [1.29, 1.82) is 0 Å². The zero-order chi connectivity index (χ0) is 12.1. The number of aliphatic hydroxyl groups excluding tert-OH is 1. The number of rotatable bonds is 5. The van der Waals surface area contributed by atoms with Crippen LogP contribution in [0.25, 0.3) is 0 Å². The summed E-state index contributed by atoms with van der Waals surface area (Å²) in [7, 11) is 3.27. The molecule has 2 N–H and O–H groups in total. The molecule has 0 spiro atoms. The number of aromatic nitrogens is 2. The topological polar surface area (TPSA) is 76.4 Å². The van der Waals surface area contributed by atoms with Crippen LogP contribution in [0.1, 0.15) is 16.1 Å². The number of aryl methyl sites for hydroxylation is 1. The van der Waals surface area contributed by atoms with Gasteiger partial charge in [0.05, 0.1) is 24.5 Å². The van der Waals surface area contributed by atoms with Gasteiger partial charge in [0.25, 0.3) is 5.91 Å². The molecule has 90 valence electrons. The van der Waals surface area contributed by atoms with Gasteiger partial charge in [-0.05, 0) is 6.92 Å². The zero-order valence-corrected chi connectivity index (χ0v) is 9.73. The van der Waals surface area contributed by atoms with Crippen LogP contribution in [0, 0.1) is 6.92 Å². The number of carbonyl (C=O) groups excluding carboxylic acids is 1. The van der Waals surface area contributed by atoms with Crippen LogP contribution in [0.15, 0.2) is 6.20 Å². The van der Waals surface area contributed by atoms with Crippen LogP contribution in [-0.2, 0) is 11.8 Å². The highest BCUT2D eigenvalue weighted by Crippen LogP contribution is 2.04. The number of hydrogen-bond acceptors (Lipinski definition) is 4. The summed E-state index contributed by atoms with van der Waals surface area (Å²) in [5, 5.41) is 15.9. The second kappa shape index (κ2) is 5.62. The first-order chi connectivity index (χ1) is 7.56. The quantitative estimate of drug-likeness (QED) is 0.708. The van der Waals surface area contributed by atoms with Crippen molar-refractivity contribution in [3.8, 4) is 0 Å². The molecule has 16 heavy (non-hydrogen) atoms. The number of methoxy groups -OCH3 is 1. The molecular weight excluding hydrogens is 210 g/mol. The average molecular weight is 227 g/mol. The van der Waals surface area contributed by atoms with Crippen molar-refractivity contribution >= 4 is 5.91 Å². The van der Waals surface area contributed by atoms with Crippen molar-refractivity contribution in [2.45, 2.75) is 13.0 Å². The van der Waals surface area contributed by atoms with Crippen molar-refractivity contribution in [1.82, 2.24) is 15.1 Å². The average Bonchev–Trinajstić information content (AvgIpc) is 2.57. The van der Waals surface area contributed by atoms with Crippen LogP contribution >= 0.6 is 0 Å². The molecule has 1 aromatic rings. The van der Waals surface area contributed by atoms with Gasteiger partial charge in [-0.15, -0.1) is 0 Å². The highest BCUT2D eigenvalue weighted by atomic mass is 16.5. The Morgan fingerprint density at radius 1 is 1.75 bits per heavy atom. The molecule has 0 radical (unpaired) electrons. The summed E-state index contributed by atoms with van der Waals surface area (Å²) in [5.41, 5.74) is 1.31. The maximum Gasteiger partial charge on any atom is 0.254 e. The van der Waals surface area contributed by atoms with Gasteiger partial charge in [0.1, 0.15) is 0 Å². The molecule has 6 nitrogen and oxygen atoms in total. The van der Waals surface area contributed by atoms with E-state index in [9.17, 15) is 9.90 Å². The third-order valence-electron chi connectivity index (χ3n) is 2.34. The second-order valence-electron chi connectivity index (χ2n) is 3.59. The summed E-state index contributed by atoms with van der Waals surface area (Å²) < 4.78 is 6.38. The number of nitrogens with one attached hydrogen (secondary N) is 1. The second-order valence-corrected chi connectivity index (χ2v) is 3.59. The van der Waals surface area contributed by atoms with E-state index < -0.39 is 6.10 Å². The fraction of sp³-hybridized carbons (Fsp3) is 0.600. The van der Waals surface area contributed by atoms with Crippen LogP contribution in [0.3, 0.4) is 0 Å². The predicted molar refractivity (Wildman–Crippen MR) is 58.2 cm³/mol. The van der Waals surface area contributed by atoms with Gasteiger partial charge in [-0.3, -0.25) is 9.48 Å². The lowest BCUT2D eigenvalue weighted by Gasteiger charge is -2.10. The third kappa shape index (κ3) is 3.04. The summed E-state index contributed by atoms with van der Waals surface area (Å²) in [5.74, 6) is -0.235. The molecule has 1 unspecified atom stereocenters. The molecule has 0 aromatic carbocycles. The first-order valence-corrected chi connectivity index (χ1v) is 5.00. The van der Waals surface area contributed by atoms with Gasteiger partial charge in [0.15, 0.2) is 0 Å². The van der Waals surface area contributed by atoms with Gasteiger partial charge >= 0.3 is 0 Å². The van der Waals surface area contributed by atoms with Crippen LogP contribution in [0.2, 0.25) is 0 Å². The standard InChI is InChI=1S/C10H17N3O3/c1-7-9(5-12-13(7)2)10(15)11-4-8(14)6-16-3/h5,8,14H,4,6H2,1-3H3,(H,11,15). The molecule has 0 aliphatic carbocycles. The maximum absolute atomic E-state index is 11.7. The summed E-state index contributed by atoms with van der Waals surface area (Å²) in [4.78, 5) is 11.7. The number of ether oxygens (including phenoxy) is 1. The number of nitrogens with zero attached hydrogens (tertiary/aromatic N) is 2. The summed E-state index contributed by atoms with van der Waals surface area (Å²) >= 11 is 0. The lowest BCUT2D eigenvalue weighted by molar-refractivity contribution is 0.0609. The Morgan fingerprint density at radius 3 is 2.94 bits per heavy atom. The molecule has 0 saturated heterocycles. The van der Waals surface area contributed by atoms with E-state index in [0.717, 1.165) is 5.69 Å². The van der Waals surface area contributed by atoms with E-state index in [1.54, 1.807) is 11.7 Å². The molecule has 1 aromatic heterocycles. The molecule has 1 rings (SSSR count). The number of aliphatic hydroxyl groups is 1. The van der Waals surface area contributed by atoms with E-state index in [-0.39, 0.29) is 19.1 Å². The lowest BCUT2D eigenvalue weighted by Crippen LogP contribution is -2.34. The van der Waals surface area contributed by atoms with Crippen LogP contribution in [0.5, 0.6) is 0 Å². The first kappa shape index (κ1) is 12.7. The molecule has 0 saturated carbocycles. The van der Waals surface area contributed by atoms with E-state index in [2.05, 4.69) is 10.4 Å².